The highest BCUT2D eigenvalue weighted by Crippen LogP contribution is 2.19. The molecule has 0 bridgehead atoms. The van der Waals surface area contributed by atoms with Crippen LogP contribution in [-0.2, 0) is 14.3 Å². The molecule has 1 aliphatic heterocycles. The van der Waals surface area contributed by atoms with Gasteiger partial charge in [-0.3, -0.25) is 14.4 Å². The summed E-state index contributed by atoms with van der Waals surface area (Å²) in [6, 6.07) is 13.5. The van der Waals surface area contributed by atoms with Gasteiger partial charge in [-0.15, -0.1) is 0 Å². The number of carbonyl (C=O) groups is 3. The first-order chi connectivity index (χ1) is 16.9. The first-order valence-corrected chi connectivity index (χ1v) is 13.2. The Morgan fingerprint density at radius 2 is 1.80 bits per heavy atom. The Labute approximate surface area is 215 Å². The average molecular weight is 519 g/mol. The molecule has 3 amide bonds. The molecule has 0 unspecified atom stereocenters. The molecule has 0 spiro atoms. The van der Waals surface area contributed by atoms with E-state index in [1.54, 1.807) is 43.1 Å². The van der Waals surface area contributed by atoms with Crippen molar-refractivity contribution in [3.63, 3.8) is 0 Å². The molecule has 1 fully saturated rings. The maximum atomic E-state index is 13.1. The number of likely N-dealkylation sites (N-methyl/N-ethyl adjacent to an activating group) is 1. The minimum atomic E-state index is -0.767. The van der Waals surface area contributed by atoms with Crippen LogP contribution in [0.5, 0.6) is 0 Å². The van der Waals surface area contributed by atoms with Crippen LogP contribution in [0.1, 0.15) is 16.8 Å². The highest BCUT2D eigenvalue weighted by atomic mass is 35.5. The van der Waals surface area contributed by atoms with Crippen molar-refractivity contribution in [2.75, 3.05) is 62.1 Å². The van der Waals surface area contributed by atoms with Gasteiger partial charge < -0.3 is 25.2 Å². The van der Waals surface area contributed by atoms with Gasteiger partial charge in [0.05, 0.1) is 30.3 Å². The van der Waals surface area contributed by atoms with Crippen LogP contribution in [0.4, 0.5) is 11.4 Å². The second-order valence-corrected chi connectivity index (χ2v) is 9.57. The number of nitrogens with zero attached hydrogens (tertiary/aromatic N) is 2. The van der Waals surface area contributed by atoms with Crippen LogP contribution in [0.3, 0.4) is 0 Å². The third-order valence-corrected chi connectivity index (χ3v) is 6.59. The third-order valence-electron chi connectivity index (χ3n) is 5.62. The van der Waals surface area contributed by atoms with Crippen LogP contribution in [0.15, 0.2) is 48.5 Å². The number of thioether (sulfide) groups is 1. The molecule has 35 heavy (non-hydrogen) atoms. The standard InChI is InChI=1S/C25H31ClN4O4S/c1-29(17-23(31)27-18-7-9-19(10-8-18)30-12-14-34-15-13-30)25(33)22(11-16-35-2)28-24(32)20-5-3-4-6-21(20)26/h3-10,22H,11-17H2,1-2H3,(H,27,31)(H,28,32)/t22-/m0/s1. The summed E-state index contributed by atoms with van der Waals surface area (Å²) in [7, 11) is 1.55. The second kappa shape index (κ2) is 13.4. The van der Waals surface area contributed by atoms with Crippen molar-refractivity contribution in [2.24, 2.45) is 0 Å². The van der Waals surface area contributed by atoms with Crippen LogP contribution in [0.2, 0.25) is 5.02 Å². The van der Waals surface area contributed by atoms with Gasteiger partial charge in [0.2, 0.25) is 11.8 Å². The Morgan fingerprint density at radius 1 is 1.11 bits per heavy atom. The number of amides is 3. The van der Waals surface area contributed by atoms with Gasteiger partial charge in [-0.2, -0.15) is 11.8 Å². The number of ether oxygens (including phenoxy) is 1. The number of morpholine rings is 1. The highest BCUT2D eigenvalue weighted by Gasteiger charge is 2.26. The molecule has 1 atom stereocenters. The van der Waals surface area contributed by atoms with E-state index in [0.717, 1.165) is 18.8 Å². The largest absolute Gasteiger partial charge is 0.378 e. The summed E-state index contributed by atoms with van der Waals surface area (Å²) < 4.78 is 5.38. The Bertz CT molecular complexity index is 1010. The van der Waals surface area contributed by atoms with Gasteiger partial charge in [0.25, 0.3) is 5.91 Å². The zero-order valence-corrected chi connectivity index (χ0v) is 21.5. The fraction of sp³-hybridized carbons (Fsp3) is 0.400. The van der Waals surface area contributed by atoms with Crippen LogP contribution >= 0.6 is 23.4 Å². The molecule has 3 rings (SSSR count). The van der Waals surface area contributed by atoms with E-state index >= 15 is 0 Å². The summed E-state index contributed by atoms with van der Waals surface area (Å²) in [4.78, 5) is 41.9. The normalized spacial score (nSPS) is 14.2. The zero-order valence-electron chi connectivity index (χ0n) is 20.0. The van der Waals surface area contributed by atoms with E-state index in [9.17, 15) is 14.4 Å². The Morgan fingerprint density at radius 3 is 2.46 bits per heavy atom. The van der Waals surface area contributed by atoms with Crippen molar-refractivity contribution in [2.45, 2.75) is 12.5 Å². The summed E-state index contributed by atoms with van der Waals surface area (Å²) in [6.45, 7) is 2.94. The summed E-state index contributed by atoms with van der Waals surface area (Å²) >= 11 is 7.70. The summed E-state index contributed by atoms with van der Waals surface area (Å²) in [5.74, 6) is -0.402. The average Bonchev–Trinajstić information content (AvgIpc) is 2.87. The van der Waals surface area contributed by atoms with Gasteiger partial charge in [0, 0.05) is 31.5 Å². The Hall–Kier alpha value is -2.75. The van der Waals surface area contributed by atoms with Crippen molar-refractivity contribution in [1.29, 1.82) is 0 Å². The maximum absolute atomic E-state index is 13.1. The number of halogens is 1. The van der Waals surface area contributed by atoms with Crippen molar-refractivity contribution in [1.82, 2.24) is 10.2 Å². The predicted octanol–water partition coefficient (Wildman–Crippen LogP) is 3.13. The highest BCUT2D eigenvalue weighted by molar-refractivity contribution is 7.98. The lowest BCUT2D eigenvalue weighted by Crippen LogP contribution is -2.49. The molecule has 8 nitrogen and oxygen atoms in total. The van der Waals surface area contributed by atoms with E-state index in [0.29, 0.717) is 41.7 Å². The van der Waals surface area contributed by atoms with Crippen LogP contribution in [0.25, 0.3) is 0 Å². The van der Waals surface area contributed by atoms with Crippen molar-refractivity contribution in [3.8, 4) is 0 Å². The van der Waals surface area contributed by atoms with Gasteiger partial charge >= 0.3 is 0 Å². The molecule has 0 aromatic heterocycles. The number of nitrogens with one attached hydrogen (secondary N) is 2. The molecule has 10 heteroatoms. The number of hydrogen-bond acceptors (Lipinski definition) is 6. The number of carbonyl (C=O) groups excluding carboxylic acids is 3. The molecule has 0 saturated carbocycles. The van der Waals surface area contributed by atoms with Crippen LogP contribution < -0.4 is 15.5 Å². The van der Waals surface area contributed by atoms with Crippen molar-refractivity contribution < 1.29 is 19.1 Å². The van der Waals surface area contributed by atoms with Gasteiger partial charge in [-0.1, -0.05) is 23.7 Å². The number of benzene rings is 2. The van der Waals surface area contributed by atoms with Gasteiger partial charge in [0.15, 0.2) is 0 Å². The third kappa shape index (κ3) is 7.88. The van der Waals surface area contributed by atoms with Crippen molar-refractivity contribution >= 4 is 52.5 Å². The lowest BCUT2D eigenvalue weighted by Gasteiger charge is -2.29. The van der Waals surface area contributed by atoms with E-state index in [4.69, 9.17) is 16.3 Å². The first kappa shape index (κ1) is 26.8. The van der Waals surface area contributed by atoms with E-state index in [-0.39, 0.29) is 18.4 Å². The topological polar surface area (TPSA) is 91.0 Å². The molecular weight excluding hydrogens is 488 g/mol. The van der Waals surface area contributed by atoms with E-state index in [1.807, 2.05) is 30.5 Å². The quantitative estimate of drug-likeness (QED) is 0.502. The fourth-order valence-corrected chi connectivity index (χ4v) is 4.40. The number of hydrogen-bond donors (Lipinski definition) is 2. The van der Waals surface area contributed by atoms with Crippen molar-refractivity contribution in [3.05, 3.63) is 59.1 Å². The van der Waals surface area contributed by atoms with E-state index < -0.39 is 11.9 Å². The molecule has 0 aliphatic carbocycles. The SMILES string of the molecule is CSCC[C@H](NC(=O)c1ccccc1Cl)C(=O)N(C)CC(=O)Nc1ccc(N2CCOCC2)cc1. The number of rotatable bonds is 10. The fourth-order valence-electron chi connectivity index (χ4n) is 3.71. The molecule has 1 saturated heterocycles. The second-order valence-electron chi connectivity index (χ2n) is 8.18. The molecule has 188 valence electrons. The Kier molecular flexibility index (Phi) is 10.3. The van der Waals surface area contributed by atoms with Gasteiger partial charge in [-0.25, -0.2) is 0 Å². The molecule has 1 aliphatic rings. The molecule has 2 aromatic rings. The lowest BCUT2D eigenvalue weighted by molar-refractivity contribution is -0.135. The van der Waals surface area contributed by atoms with Crippen LogP contribution in [-0.4, -0.2) is 80.6 Å². The van der Waals surface area contributed by atoms with E-state index in [2.05, 4.69) is 15.5 Å². The molecular formula is C25H31ClN4O4S. The predicted molar refractivity (Wildman–Crippen MR) is 141 cm³/mol. The molecule has 2 aromatic carbocycles. The maximum Gasteiger partial charge on any atom is 0.253 e. The summed E-state index contributed by atoms with van der Waals surface area (Å²) in [5.41, 5.74) is 2.03. The smallest absolute Gasteiger partial charge is 0.253 e. The minimum absolute atomic E-state index is 0.137. The zero-order chi connectivity index (χ0) is 25.2. The summed E-state index contributed by atoms with van der Waals surface area (Å²) in [5, 5.41) is 5.92. The minimum Gasteiger partial charge on any atom is -0.378 e. The molecule has 1 heterocycles. The van der Waals surface area contributed by atoms with Crippen LogP contribution in [0, 0.1) is 0 Å². The van der Waals surface area contributed by atoms with Gasteiger partial charge in [0.1, 0.15) is 6.04 Å². The monoisotopic (exact) mass is 518 g/mol. The van der Waals surface area contributed by atoms with Gasteiger partial charge in [-0.05, 0) is 54.8 Å². The molecule has 0 radical (unpaired) electrons. The summed E-state index contributed by atoms with van der Waals surface area (Å²) in [6.07, 6.45) is 2.37. The Balaban J connectivity index is 1.56. The van der Waals surface area contributed by atoms with E-state index in [1.165, 1.54) is 4.90 Å². The first-order valence-electron chi connectivity index (χ1n) is 11.4. The number of anilines is 2. The lowest BCUT2D eigenvalue weighted by atomic mass is 10.1. The molecule has 2 N–H and O–H groups in total.